The van der Waals surface area contributed by atoms with E-state index in [1.807, 2.05) is 0 Å². The van der Waals surface area contributed by atoms with Gasteiger partial charge in [-0.25, -0.2) is 0 Å². The average molecular weight is 286 g/mol. The number of fused-ring (bicyclic) bond motifs is 3. The first-order valence-corrected chi connectivity index (χ1v) is 7.99. The average Bonchev–Trinajstić information content (AvgIpc) is 2.88. The molecule has 0 N–H and O–H groups in total. The number of nitrogens with zero attached hydrogens (tertiary/aromatic N) is 1. The number of hydrogen-bond donors (Lipinski definition) is 0. The van der Waals surface area contributed by atoms with Gasteiger partial charge < -0.3 is 0 Å². The summed E-state index contributed by atoms with van der Waals surface area (Å²) in [7, 11) is 0. The molecular formula is C21H20N+. The monoisotopic (exact) mass is 286 g/mol. The minimum atomic E-state index is 0.468. The maximum Gasteiger partial charge on any atom is 0.213 e. The first-order chi connectivity index (χ1) is 10.8. The number of benzene rings is 2. The highest BCUT2D eigenvalue weighted by Crippen LogP contribution is 2.37. The maximum absolute atomic E-state index is 2.42. The highest BCUT2D eigenvalue weighted by Gasteiger charge is 2.35. The molecule has 0 aliphatic carbocycles. The van der Waals surface area contributed by atoms with Gasteiger partial charge in [-0.1, -0.05) is 49.4 Å². The third kappa shape index (κ3) is 1.97. The lowest BCUT2D eigenvalue weighted by atomic mass is 9.96. The normalized spacial score (nSPS) is 15.5. The van der Waals surface area contributed by atoms with Crippen LogP contribution in [-0.2, 0) is 0 Å². The van der Waals surface area contributed by atoms with Crippen LogP contribution >= 0.6 is 0 Å². The summed E-state index contributed by atoms with van der Waals surface area (Å²) < 4.78 is 2.42. The second-order valence-electron chi connectivity index (χ2n) is 6.09. The van der Waals surface area contributed by atoms with E-state index in [2.05, 4.69) is 85.3 Å². The van der Waals surface area contributed by atoms with Gasteiger partial charge in [-0.2, -0.15) is 4.57 Å². The summed E-state index contributed by atoms with van der Waals surface area (Å²) in [5.41, 5.74) is 8.08. The zero-order valence-electron chi connectivity index (χ0n) is 13.1. The van der Waals surface area contributed by atoms with Crippen LogP contribution in [0.15, 0.2) is 66.9 Å². The molecule has 0 saturated carbocycles. The van der Waals surface area contributed by atoms with Gasteiger partial charge in [-0.3, -0.25) is 0 Å². The Balaban J connectivity index is 1.92. The molecule has 3 aromatic rings. The van der Waals surface area contributed by atoms with Gasteiger partial charge >= 0.3 is 0 Å². The van der Waals surface area contributed by atoms with E-state index in [-0.39, 0.29) is 0 Å². The van der Waals surface area contributed by atoms with Gasteiger partial charge in [0.05, 0.1) is 5.56 Å². The molecule has 22 heavy (non-hydrogen) atoms. The van der Waals surface area contributed by atoms with E-state index in [9.17, 15) is 0 Å². The van der Waals surface area contributed by atoms with Crippen LogP contribution in [0.4, 0.5) is 0 Å². The Morgan fingerprint density at radius 1 is 0.909 bits per heavy atom. The highest BCUT2D eigenvalue weighted by molar-refractivity contribution is 5.74. The van der Waals surface area contributed by atoms with Crippen molar-refractivity contribution >= 4 is 0 Å². The molecule has 0 radical (unpaired) electrons. The van der Waals surface area contributed by atoms with Crippen LogP contribution in [0.25, 0.3) is 22.4 Å². The molecule has 0 fully saturated rings. The fraction of sp³-hybridized carbons (Fsp3) is 0.190. The number of aryl methyl sites for hydroxylation is 1. The summed E-state index contributed by atoms with van der Waals surface area (Å²) >= 11 is 0. The molecular weight excluding hydrogens is 266 g/mol. The van der Waals surface area contributed by atoms with Crippen LogP contribution in [0.5, 0.6) is 0 Å². The van der Waals surface area contributed by atoms with Crippen LogP contribution < -0.4 is 4.57 Å². The van der Waals surface area contributed by atoms with Gasteiger partial charge in [-0.15, -0.1) is 0 Å². The van der Waals surface area contributed by atoms with Crippen molar-refractivity contribution in [3.05, 3.63) is 78.0 Å². The number of hydrogen-bond acceptors (Lipinski definition) is 0. The van der Waals surface area contributed by atoms with Gasteiger partial charge in [0.1, 0.15) is 0 Å². The molecule has 1 aromatic heterocycles. The van der Waals surface area contributed by atoms with Crippen LogP contribution in [-0.4, -0.2) is 0 Å². The Morgan fingerprint density at radius 2 is 1.73 bits per heavy atom. The molecule has 4 rings (SSSR count). The molecule has 0 amide bonds. The molecule has 1 unspecified atom stereocenters. The lowest BCUT2D eigenvalue weighted by Crippen LogP contribution is -2.37. The molecule has 1 atom stereocenters. The highest BCUT2D eigenvalue weighted by atomic mass is 15.0. The number of rotatable bonds is 2. The topological polar surface area (TPSA) is 3.88 Å². The molecule has 1 aliphatic heterocycles. The van der Waals surface area contributed by atoms with Gasteiger partial charge in [0.15, 0.2) is 12.2 Å². The molecule has 1 heteroatoms. The fourth-order valence-electron chi connectivity index (χ4n) is 3.55. The minimum absolute atomic E-state index is 0.468. The second kappa shape index (κ2) is 5.10. The van der Waals surface area contributed by atoms with Gasteiger partial charge in [-0.05, 0) is 29.7 Å². The van der Waals surface area contributed by atoms with E-state index >= 15 is 0 Å². The van der Waals surface area contributed by atoms with Crippen LogP contribution in [0.1, 0.15) is 30.5 Å². The van der Waals surface area contributed by atoms with E-state index in [0.29, 0.717) is 6.04 Å². The van der Waals surface area contributed by atoms with Crippen molar-refractivity contribution in [3.63, 3.8) is 0 Å². The molecule has 1 aliphatic rings. The summed E-state index contributed by atoms with van der Waals surface area (Å²) in [6.07, 6.45) is 3.36. The van der Waals surface area contributed by atoms with Crippen molar-refractivity contribution < 1.29 is 4.57 Å². The van der Waals surface area contributed by atoms with E-state index in [1.54, 1.807) is 0 Å². The van der Waals surface area contributed by atoms with E-state index < -0.39 is 0 Å². The second-order valence-corrected chi connectivity index (χ2v) is 6.09. The van der Waals surface area contributed by atoms with Gasteiger partial charge in [0, 0.05) is 24.1 Å². The van der Waals surface area contributed by atoms with Gasteiger partial charge in [0.2, 0.25) is 5.69 Å². The zero-order chi connectivity index (χ0) is 15.1. The fourth-order valence-corrected chi connectivity index (χ4v) is 3.55. The van der Waals surface area contributed by atoms with Gasteiger partial charge in [0.25, 0.3) is 0 Å². The van der Waals surface area contributed by atoms with Crippen molar-refractivity contribution in [2.24, 2.45) is 0 Å². The molecule has 0 bridgehead atoms. The van der Waals surface area contributed by atoms with E-state index in [0.717, 1.165) is 6.42 Å². The van der Waals surface area contributed by atoms with E-state index in [1.165, 1.54) is 33.5 Å². The molecule has 2 heterocycles. The minimum Gasteiger partial charge on any atom is -0.191 e. The predicted molar refractivity (Wildman–Crippen MR) is 90.7 cm³/mol. The Kier molecular flexibility index (Phi) is 3.07. The molecule has 0 saturated heterocycles. The van der Waals surface area contributed by atoms with Crippen molar-refractivity contribution in [1.29, 1.82) is 0 Å². The Labute approximate surface area is 131 Å². The summed E-state index contributed by atoms with van der Waals surface area (Å²) in [5, 5.41) is 0. The van der Waals surface area contributed by atoms with Crippen molar-refractivity contribution in [2.75, 3.05) is 0 Å². The first kappa shape index (κ1) is 13.3. The Hall–Kier alpha value is -2.41. The molecule has 108 valence electrons. The van der Waals surface area contributed by atoms with Crippen LogP contribution in [0.2, 0.25) is 0 Å². The summed E-state index contributed by atoms with van der Waals surface area (Å²) in [6, 6.07) is 22.5. The SMILES string of the molecule is CCC1c2ccc(-c3ccccc3)cc2-c2cc(C)cc[n+]21. The standard InChI is InChI=1S/C21H20N/c1-3-20-18-10-9-17(16-7-5-4-6-8-16)14-19(18)21-13-15(2)11-12-22(20)21/h4-14,20H,3H2,1-2H3/q+1. The lowest BCUT2D eigenvalue weighted by Gasteiger charge is -2.06. The Bertz CT molecular complexity index is 834. The maximum atomic E-state index is 2.42. The summed E-state index contributed by atoms with van der Waals surface area (Å²) in [6.45, 7) is 4.43. The van der Waals surface area contributed by atoms with Crippen LogP contribution in [0.3, 0.4) is 0 Å². The molecule has 1 nitrogen and oxygen atoms in total. The summed E-state index contributed by atoms with van der Waals surface area (Å²) in [5.74, 6) is 0. The lowest BCUT2D eigenvalue weighted by molar-refractivity contribution is -0.698. The summed E-state index contributed by atoms with van der Waals surface area (Å²) in [4.78, 5) is 0. The number of aromatic nitrogens is 1. The van der Waals surface area contributed by atoms with E-state index in [4.69, 9.17) is 0 Å². The van der Waals surface area contributed by atoms with Crippen LogP contribution in [0, 0.1) is 6.92 Å². The number of pyridine rings is 1. The first-order valence-electron chi connectivity index (χ1n) is 7.99. The smallest absolute Gasteiger partial charge is 0.191 e. The Morgan fingerprint density at radius 3 is 2.50 bits per heavy atom. The largest absolute Gasteiger partial charge is 0.213 e. The molecule has 0 spiro atoms. The molecule has 2 aromatic carbocycles. The zero-order valence-corrected chi connectivity index (χ0v) is 13.1. The predicted octanol–water partition coefficient (Wildman–Crippen LogP) is 4.93. The third-order valence-electron chi connectivity index (χ3n) is 4.66. The van der Waals surface area contributed by atoms with Crippen molar-refractivity contribution in [1.82, 2.24) is 0 Å². The van der Waals surface area contributed by atoms with Crippen molar-refractivity contribution in [3.8, 4) is 22.4 Å². The third-order valence-corrected chi connectivity index (χ3v) is 4.66. The van der Waals surface area contributed by atoms with Crippen molar-refractivity contribution in [2.45, 2.75) is 26.3 Å². The quantitative estimate of drug-likeness (QED) is 0.588.